The SMILES string of the molecule is C(=Cc1ccc(N(c2ccccc2)c2cccc3cc4cc5cc6c(N(c7ccccc7)c7ccc(C=Cc8ccccc8)cc7)cccc6cc5cc4cc23)cc1)c1ccccc1. The summed E-state index contributed by atoms with van der Waals surface area (Å²) in [7, 11) is 0. The Morgan fingerprint density at radius 3 is 0.891 bits per heavy atom. The highest BCUT2D eigenvalue weighted by molar-refractivity contribution is 6.13. The third-order valence-corrected chi connectivity index (χ3v) is 12.1. The molecule has 0 radical (unpaired) electrons. The molecular weight excluding hydrogens is 773 g/mol. The molecule has 0 aliphatic rings. The summed E-state index contributed by atoms with van der Waals surface area (Å²) in [6.07, 6.45) is 8.68. The Balaban J connectivity index is 0.983. The minimum atomic E-state index is 1.11. The smallest absolute Gasteiger partial charge is 0.0540 e. The van der Waals surface area contributed by atoms with Gasteiger partial charge in [0.15, 0.2) is 0 Å². The Labute approximate surface area is 374 Å². The fourth-order valence-electron chi connectivity index (χ4n) is 8.90. The van der Waals surface area contributed by atoms with Gasteiger partial charge in [0.25, 0.3) is 0 Å². The summed E-state index contributed by atoms with van der Waals surface area (Å²) < 4.78 is 0. The van der Waals surface area contributed by atoms with Crippen LogP contribution in [0.2, 0.25) is 0 Å². The summed E-state index contributed by atoms with van der Waals surface area (Å²) in [6.45, 7) is 0. The Bertz CT molecular complexity index is 3210. The molecule has 11 aromatic rings. The van der Waals surface area contributed by atoms with Gasteiger partial charge in [-0.1, -0.05) is 170 Å². The van der Waals surface area contributed by atoms with Crippen molar-refractivity contribution < 1.29 is 0 Å². The van der Waals surface area contributed by atoms with E-state index in [1.54, 1.807) is 0 Å². The first kappa shape index (κ1) is 38.5. The summed E-state index contributed by atoms with van der Waals surface area (Å²) >= 11 is 0. The number of para-hydroxylation sites is 2. The minimum absolute atomic E-state index is 1.11. The lowest BCUT2D eigenvalue weighted by Crippen LogP contribution is -2.10. The molecule has 0 aromatic heterocycles. The number of hydrogen-bond acceptors (Lipinski definition) is 2. The molecule has 2 nitrogen and oxygen atoms in total. The second-order valence-corrected chi connectivity index (χ2v) is 16.3. The van der Waals surface area contributed by atoms with Crippen LogP contribution in [0.4, 0.5) is 34.1 Å². The molecule has 0 spiro atoms. The van der Waals surface area contributed by atoms with Crippen molar-refractivity contribution in [2.75, 3.05) is 9.80 Å². The van der Waals surface area contributed by atoms with Crippen molar-refractivity contribution in [1.29, 1.82) is 0 Å². The maximum Gasteiger partial charge on any atom is 0.0540 e. The Hall–Kier alpha value is -8.46. The molecule has 0 aliphatic heterocycles. The van der Waals surface area contributed by atoms with Gasteiger partial charge >= 0.3 is 0 Å². The van der Waals surface area contributed by atoms with Crippen LogP contribution in [0.3, 0.4) is 0 Å². The Morgan fingerprint density at radius 1 is 0.219 bits per heavy atom. The summed E-state index contributed by atoms with van der Waals surface area (Å²) in [5.74, 6) is 0. The summed E-state index contributed by atoms with van der Waals surface area (Å²) in [4.78, 5) is 4.75. The summed E-state index contributed by atoms with van der Waals surface area (Å²) in [6, 6.07) is 87.5. The fourth-order valence-corrected chi connectivity index (χ4v) is 8.90. The summed E-state index contributed by atoms with van der Waals surface area (Å²) in [5.41, 5.74) is 11.4. The van der Waals surface area contributed by atoms with Crippen LogP contribution in [-0.4, -0.2) is 0 Å². The third-order valence-electron chi connectivity index (χ3n) is 12.1. The lowest BCUT2D eigenvalue weighted by molar-refractivity contribution is 1.30. The molecule has 11 aromatic carbocycles. The van der Waals surface area contributed by atoms with Gasteiger partial charge in [-0.2, -0.15) is 0 Å². The van der Waals surface area contributed by atoms with E-state index in [9.17, 15) is 0 Å². The summed E-state index contributed by atoms with van der Waals surface area (Å²) in [5, 5.41) is 9.67. The maximum absolute atomic E-state index is 2.38. The highest BCUT2D eigenvalue weighted by Crippen LogP contribution is 2.43. The van der Waals surface area contributed by atoms with E-state index in [1.807, 2.05) is 12.1 Å². The van der Waals surface area contributed by atoms with Crippen molar-refractivity contribution in [2.24, 2.45) is 0 Å². The molecular formula is C62H44N2. The molecule has 0 heterocycles. The van der Waals surface area contributed by atoms with E-state index in [4.69, 9.17) is 0 Å². The predicted molar refractivity (Wildman–Crippen MR) is 277 cm³/mol. The molecule has 0 fully saturated rings. The van der Waals surface area contributed by atoms with Crippen LogP contribution in [0.1, 0.15) is 22.3 Å². The van der Waals surface area contributed by atoms with E-state index in [2.05, 4.69) is 265 Å². The van der Waals surface area contributed by atoms with E-state index in [1.165, 1.54) is 54.2 Å². The van der Waals surface area contributed by atoms with Crippen molar-refractivity contribution >= 4 is 102 Å². The lowest BCUT2D eigenvalue weighted by atomic mass is 9.96. The Morgan fingerprint density at radius 2 is 0.516 bits per heavy atom. The van der Waals surface area contributed by atoms with Crippen molar-refractivity contribution in [3.63, 3.8) is 0 Å². The number of rotatable bonds is 10. The quantitative estimate of drug-likeness (QED) is 0.100. The fraction of sp³-hybridized carbons (Fsp3) is 0. The maximum atomic E-state index is 2.38. The van der Waals surface area contributed by atoms with E-state index in [-0.39, 0.29) is 0 Å². The van der Waals surface area contributed by atoms with Crippen LogP contribution in [-0.2, 0) is 0 Å². The van der Waals surface area contributed by atoms with E-state index in [0.29, 0.717) is 0 Å². The van der Waals surface area contributed by atoms with Crippen molar-refractivity contribution in [1.82, 2.24) is 0 Å². The van der Waals surface area contributed by atoms with Gasteiger partial charge in [-0.05, 0) is 152 Å². The first-order valence-electron chi connectivity index (χ1n) is 21.9. The number of nitrogens with zero attached hydrogens (tertiary/aromatic N) is 2. The standard InChI is InChI=1S/C62H44N2/c1-5-15-45(16-6-1)27-29-47-31-35-57(36-32-47)63(55-21-9-3-10-22-55)61-25-13-19-49-39-51-42-54-44-60-50(40-52(54)41-53(51)43-59(49)61)20-14-26-62(60)64(56-23-11-4-12-24-56)58-37-33-48(34-38-58)30-28-46-17-7-2-8-18-46/h1-44H. The van der Waals surface area contributed by atoms with Gasteiger partial charge in [0.2, 0.25) is 0 Å². The number of fused-ring (bicyclic) bond motifs is 4. The molecule has 0 atom stereocenters. The molecule has 0 amide bonds. The highest BCUT2D eigenvalue weighted by Gasteiger charge is 2.18. The topological polar surface area (TPSA) is 6.48 Å². The second kappa shape index (κ2) is 17.1. The van der Waals surface area contributed by atoms with Gasteiger partial charge in [-0.15, -0.1) is 0 Å². The lowest BCUT2D eigenvalue weighted by Gasteiger charge is -2.27. The first-order chi connectivity index (χ1) is 31.7. The average molecular weight is 817 g/mol. The number of benzene rings is 11. The van der Waals surface area contributed by atoms with Crippen LogP contribution >= 0.6 is 0 Å². The van der Waals surface area contributed by atoms with Crippen molar-refractivity contribution in [3.8, 4) is 0 Å². The van der Waals surface area contributed by atoms with E-state index >= 15 is 0 Å². The van der Waals surface area contributed by atoms with Crippen LogP contribution in [0.5, 0.6) is 0 Å². The molecule has 302 valence electrons. The van der Waals surface area contributed by atoms with Crippen molar-refractivity contribution in [2.45, 2.75) is 0 Å². The largest absolute Gasteiger partial charge is 0.310 e. The second-order valence-electron chi connectivity index (χ2n) is 16.3. The zero-order valence-corrected chi connectivity index (χ0v) is 35.3. The van der Waals surface area contributed by atoms with Gasteiger partial charge in [0.05, 0.1) is 11.4 Å². The number of hydrogen-bond donors (Lipinski definition) is 0. The third kappa shape index (κ3) is 7.81. The molecule has 0 saturated heterocycles. The highest BCUT2D eigenvalue weighted by atomic mass is 15.1. The predicted octanol–water partition coefficient (Wildman–Crippen LogP) is 17.6. The molecule has 0 saturated carbocycles. The van der Waals surface area contributed by atoms with Gasteiger partial charge in [0, 0.05) is 33.5 Å². The first-order valence-corrected chi connectivity index (χ1v) is 21.9. The molecule has 64 heavy (non-hydrogen) atoms. The molecule has 0 N–H and O–H groups in total. The van der Waals surface area contributed by atoms with E-state index in [0.717, 1.165) is 45.3 Å². The van der Waals surface area contributed by atoms with E-state index < -0.39 is 0 Å². The van der Waals surface area contributed by atoms with Gasteiger partial charge in [-0.25, -0.2) is 0 Å². The Kier molecular flexibility index (Phi) is 10.3. The van der Waals surface area contributed by atoms with Crippen molar-refractivity contribution in [3.05, 3.63) is 265 Å². The molecule has 0 bridgehead atoms. The normalized spacial score (nSPS) is 11.6. The average Bonchev–Trinajstić information content (AvgIpc) is 3.36. The van der Waals surface area contributed by atoms with Crippen LogP contribution in [0, 0.1) is 0 Å². The van der Waals surface area contributed by atoms with Crippen LogP contribution < -0.4 is 9.80 Å². The molecule has 0 unspecified atom stereocenters. The van der Waals surface area contributed by atoms with Gasteiger partial charge in [-0.3, -0.25) is 0 Å². The minimum Gasteiger partial charge on any atom is -0.310 e. The zero-order valence-electron chi connectivity index (χ0n) is 35.3. The zero-order chi connectivity index (χ0) is 42.7. The molecule has 11 rings (SSSR count). The van der Waals surface area contributed by atoms with Gasteiger partial charge < -0.3 is 9.80 Å². The number of anilines is 6. The van der Waals surface area contributed by atoms with Gasteiger partial charge in [0.1, 0.15) is 0 Å². The monoisotopic (exact) mass is 816 g/mol. The molecule has 2 heteroatoms. The van der Waals surface area contributed by atoms with Crippen LogP contribution in [0.15, 0.2) is 243 Å². The molecule has 0 aliphatic carbocycles. The van der Waals surface area contributed by atoms with Crippen LogP contribution in [0.25, 0.3) is 67.4 Å².